The van der Waals surface area contributed by atoms with Gasteiger partial charge in [-0.15, -0.1) is 0 Å². The van der Waals surface area contributed by atoms with E-state index in [1.165, 1.54) is 42.7 Å². The van der Waals surface area contributed by atoms with Crippen LogP contribution in [0.15, 0.2) is 55.0 Å². The van der Waals surface area contributed by atoms with Crippen molar-refractivity contribution in [3.63, 3.8) is 0 Å². The van der Waals surface area contributed by atoms with Crippen LogP contribution in [0.1, 0.15) is 24.0 Å². The van der Waals surface area contributed by atoms with Gasteiger partial charge in [0.1, 0.15) is 0 Å². The van der Waals surface area contributed by atoms with Crippen molar-refractivity contribution in [2.45, 2.75) is 25.9 Å². The number of nitrogens with zero attached hydrogens (tertiary/aromatic N) is 4. The second-order valence-corrected chi connectivity index (χ2v) is 6.88. The van der Waals surface area contributed by atoms with Gasteiger partial charge in [0.25, 0.3) is 0 Å². The lowest BCUT2D eigenvalue weighted by molar-refractivity contribution is 0.692. The van der Waals surface area contributed by atoms with Crippen molar-refractivity contribution in [2.24, 2.45) is 7.05 Å². The van der Waals surface area contributed by atoms with Crippen LogP contribution < -0.4 is 10.2 Å². The van der Waals surface area contributed by atoms with E-state index < -0.39 is 0 Å². The van der Waals surface area contributed by atoms with Gasteiger partial charge in [0.05, 0.1) is 5.69 Å². The van der Waals surface area contributed by atoms with Crippen LogP contribution in [0.5, 0.6) is 0 Å². The lowest BCUT2D eigenvalue weighted by Gasteiger charge is -2.17. The van der Waals surface area contributed by atoms with Gasteiger partial charge in [-0.05, 0) is 42.7 Å². The third kappa shape index (κ3) is 3.78. The molecule has 1 fully saturated rings. The van der Waals surface area contributed by atoms with E-state index in [0.29, 0.717) is 0 Å². The summed E-state index contributed by atoms with van der Waals surface area (Å²) in [6.45, 7) is 4.01. The summed E-state index contributed by atoms with van der Waals surface area (Å²) in [5.41, 5.74) is 5.89. The van der Waals surface area contributed by atoms with E-state index in [1.807, 2.05) is 24.0 Å². The first-order valence-electron chi connectivity index (χ1n) is 9.27. The predicted molar refractivity (Wildman–Crippen MR) is 105 cm³/mol. The molecule has 3 heterocycles. The fourth-order valence-electron chi connectivity index (χ4n) is 3.55. The summed E-state index contributed by atoms with van der Waals surface area (Å²) in [6, 6.07) is 12.9. The van der Waals surface area contributed by atoms with Crippen LogP contribution in [0.4, 0.5) is 5.69 Å². The molecule has 1 aliphatic rings. The van der Waals surface area contributed by atoms with Gasteiger partial charge in [-0.1, -0.05) is 12.1 Å². The Morgan fingerprint density at radius 2 is 1.85 bits per heavy atom. The smallest absolute Gasteiger partial charge is 0.0983 e. The molecule has 1 saturated heterocycles. The SMILES string of the molecule is Cn1cc(CNCc2ccc(N3CCCC3)cc2)c(-c2cccnc2)n1. The van der Waals surface area contributed by atoms with Crippen LogP contribution in [-0.4, -0.2) is 27.9 Å². The lowest BCUT2D eigenvalue weighted by atomic mass is 10.1. The molecule has 0 aliphatic carbocycles. The molecule has 5 heteroatoms. The molecule has 5 nitrogen and oxygen atoms in total. The van der Waals surface area contributed by atoms with Gasteiger partial charge in [0, 0.05) is 68.6 Å². The molecule has 0 radical (unpaired) electrons. The zero-order valence-corrected chi connectivity index (χ0v) is 15.2. The molecule has 26 heavy (non-hydrogen) atoms. The number of rotatable bonds is 6. The van der Waals surface area contributed by atoms with E-state index in [9.17, 15) is 0 Å². The molecule has 2 aromatic heterocycles. The van der Waals surface area contributed by atoms with E-state index in [1.54, 1.807) is 6.20 Å². The topological polar surface area (TPSA) is 46.0 Å². The highest BCUT2D eigenvalue weighted by molar-refractivity contribution is 5.61. The van der Waals surface area contributed by atoms with E-state index >= 15 is 0 Å². The molecule has 0 spiro atoms. The zero-order chi connectivity index (χ0) is 17.8. The Morgan fingerprint density at radius 3 is 2.58 bits per heavy atom. The number of hydrogen-bond acceptors (Lipinski definition) is 4. The highest BCUT2D eigenvalue weighted by Crippen LogP contribution is 2.22. The minimum atomic E-state index is 0.784. The van der Waals surface area contributed by atoms with Gasteiger partial charge in [-0.3, -0.25) is 9.67 Å². The molecule has 4 rings (SSSR count). The number of anilines is 1. The molecule has 1 N–H and O–H groups in total. The van der Waals surface area contributed by atoms with Crippen LogP contribution in [0.25, 0.3) is 11.3 Å². The third-order valence-electron chi connectivity index (χ3n) is 4.89. The van der Waals surface area contributed by atoms with Crippen molar-refractivity contribution in [3.8, 4) is 11.3 Å². The van der Waals surface area contributed by atoms with Crippen LogP contribution in [-0.2, 0) is 20.1 Å². The maximum Gasteiger partial charge on any atom is 0.0983 e. The molecule has 0 unspecified atom stereocenters. The normalized spacial score (nSPS) is 14.1. The molecule has 134 valence electrons. The molecule has 1 aromatic carbocycles. The highest BCUT2D eigenvalue weighted by atomic mass is 15.3. The largest absolute Gasteiger partial charge is 0.372 e. The Labute approximate surface area is 154 Å². The minimum absolute atomic E-state index is 0.784. The van der Waals surface area contributed by atoms with Crippen LogP contribution in [0.3, 0.4) is 0 Å². The second kappa shape index (κ2) is 7.70. The van der Waals surface area contributed by atoms with Crippen LogP contribution >= 0.6 is 0 Å². The first-order chi connectivity index (χ1) is 12.8. The Morgan fingerprint density at radius 1 is 1.04 bits per heavy atom. The molecule has 1 aliphatic heterocycles. The Kier molecular flexibility index (Phi) is 4.97. The van der Waals surface area contributed by atoms with E-state index in [4.69, 9.17) is 0 Å². The second-order valence-electron chi connectivity index (χ2n) is 6.88. The van der Waals surface area contributed by atoms with Crippen molar-refractivity contribution < 1.29 is 0 Å². The zero-order valence-electron chi connectivity index (χ0n) is 15.2. The van der Waals surface area contributed by atoms with Crippen molar-refractivity contribution in [1.82, 2.24) is 20.1 Å². The summed E-state index contributed by atoms with van der Waals surface area (Å²) in [4.78, 5) is 6.67. The Bertz CT molecular complexity index is 833. The summed E-state index contributed by atoms with van der Waals surface area (Å²) in [5.74, 6) is 0. The quantitative estimate of drug-likeness (QED) is 0.743. The summed E-state index contributed by atoms with van der Waals surface area (Å²) in [5, 5.41) is 8.14. The molecule has 0 saturated carbocycles. The first kappa shape index (κ1) is 16.8. The number of pyridine rings is 1. The van der Waals surface area contributed by atoms with E-state index in [-0.39, 0.29) is 0 Å². The van der Waals surface area contributed by atoms with E-state index in [2.05, 4.69) is 56.8 Å². The standard InChI is InChI=1S/C21H25N5/c1-25-16-19(21(24-25)18-5-4-10-22-14-18)15-23-13-17-6-8-20(9-7-17)26-11-2-3-12-26/h4-10,14,16,23H,2-3,11-13,15H2,1H3. The van der Waals surface area contributed by atoms with Crippen molar-refractivity contribution in [1.29, 1.82) is 0 Å². The van der Waals surface area contributed by atoms with Gasteiger partial charge in [0.15, 0.2) is 0 Å². The third-order valence-corrected chi connectivity index (χ3v) is 4.89. The lowest BCUT2D eigenvalue weighted by Crippen LogP contribution is -2.17. The van der Waals surface area contributed by atoms with Gasteiger partial charge in [-0.25, -0.2) is 0 Å². The van der Waals surface area contributed by atoms with Crippen molar-refractivity contribution in [3.05, 3.63) is 66.1 Å². The monoisotopic (exact) mass is 347 g/mol. The van der Waals surface area contributed by atoms with E-state index in [0.717, 1.165) is 24.3 Å². The number of benzene rings is 1. The van der Waals surface area contributed by atoms with Crippen molar-refractivity contribution >= 4 is 5.69 Å². The van der Waals surface area contributed by atoms with Crippen molar-refractivity contribution in [2.75, 3.05) is 18.0 Å². The maximum absolute atomic E-state index is 4.59. The number of aromatic nitrogens is 3. The summed E-state index contributed by atoms with van der Waals surface area (Å²) < 4.78 is 1.87. The van der Waals surface area contributed by atoms with Gasteiger partial charge < -0.3 is 10.2 Å². The van der Waals surface area contributed by atoms with Gasteiger partial charge >= 0.3 is 0 Å². The Balaban J connectivity index is 1.38. The van der Waals surface area contributed by atoms with Crippen LogP contribution in [0, 0.1) is 0 Å². The number of nitrogens with one attached hydrogen (secondary N) is 1. The molecule has 3 aromatic rings. The fraction of sp³-hybridized carbons (Fsp3) is 0.333. The average Bonchev–Trinajstić information content (AvgIpc) is 3.33. The number of hydrogen-bond donors (Lipinski definition) is 1. The molecular formula is C21H25N5. The van der Waals surface area contributed by atoms with Gasteiger partial charge in [-0.2, -0.15) is 5.10 Å². The molecular weight excluding hydrogens is 322 g/mol. The average molecular weight is 347 g/mol. The number of aryl methyl sites for hydroxylation is 1. The predicted octanol–water partition coefficient (Wildman–Crippen LogP) is 3.37. The highest BCUT2D eigenvalue weighted by Gasteiger charge is 2.12. The summed E-state index contributed by atoms with van der Waals surface area (Å²) >= 11 is 0. The molecule has 0 atom stereocenters. The fourth-order valence-corrected chi connectivity index (χ4v) is 3.55. The molecule has 0 amide bonds. The molecule has 0 bridgehead atoms. The van der Waals surface area contributed by atoms with Gasteiger partial charge in [0.2, 0.25) is 0 Å². The summed E-state index contributed by atoms with van der Waals surface area (Å²) in [7, 11) is 1.96. The first-order valence-corrected chi connectivity index (χ1v) is 9.27. The summed E-state index contributed by atoms with van der Waals surface area (Å²) in [6.07, 6.45) is 8.35. The minimum Gasteiger partial charge on any atom is -0.372 e. The van der Waals surface area contributed by atoms with Crippen LogP contribution in [0.2, 0.25) is 0 Å². The Hall–Kier alpha value is -2.66. The maximum atomic E-state index is 4.59.